The molecule has 1 aromatic carbocycles. The monoisotopic (exact) mass is 664 g/mol. The van der Waals surface area contributed by atoms with Crippen molar-refractivity contribution in [2.75, 3.05) is 76.1 Å². The third kappa shape index (κ3) is 8.98. The van der Waals surface area contributed by atoms with Crippen molar-refractivity contribution in [3.8, 4) is 17.9 Å². The molecule has 0 saturated carbocycles. The van der Waals surface area contributed by atoms with Crippen LogP contribution in [-0.4, -0.2) is 113 Å². The molecule has 10 nitrogen and oxygen atoms in total. The molecule has 3 N–H and O–H groups in total. The Labute approximate surface area is 279 Å². The second-order valence-corrected chi connectivity index (χ2v) is 12.9. The quantitative estimate of drug-likeness (QED) is 0.280. The fourth-order valence-corrected chi connectivity index (χ4v) is 6.18. The molecule has 5 rings (SSSR count). The van der Waals surface area contributed by atoms with Gasteiger partial charge < -0.3 is 25.2 Å². The van der Waals surface area contributed by atoms with E-state index in [0.29, 0.717) is 48.5 Å². The van der Waals surface area contributed by atoms with E-state index < -0.39 is 18.1 Å². The second-order valence-electron chi connectivity index (χ2n) is 12.9. The van der Waals surface area contributed by atoms with Crippen LogP contribution < -0.4 is 10.6 Å². The summed E-state index contributed by atoms with van der Waals surface area (Å²) in [6, 6.07) is 12.9. The molecule has 3 aromatic rings. The lowest BCUT2D eigenvalue weighted by Crippen LogP contribution is -2.52. The predicted molar refractivity (Wildman–Crippen MR) is 179 cm³/mol. The van der Waals surface area contributed by atoms with E-state index in [1.807, 2.05) is 11.0 Å². The summed E-state index contributed by atoms with van der Waals surface area (Å²) in [6.07, 6.45) is -1.20. The van der Waals surface area contributed by atoms with Crippen LogP contribution in [0.5, 0.6) is 0 Å². The van der Waals surface area contributed by atoms with Crippen molar-refractivity contribution >= 4 is 28.2 Å². The Morgan fingerprint density at radius 1 is 1.06 bits per heavy atom. The van der Waals surface area contributed by atoms with Gasteiger partial charge in [-0.15, -0.1) is 0 Å². The van der Waals surface area contributed by atoms with Crippen LogP contribution >= 0.6 is 0 Å². The SMILES string of the molecule is CC(C)(C#N)c1ccc(NCC#Cc2cc3c(NC4CCN(CC(=O)N5CCN(CCO)CC5)CC4)cccc3n2CC(F)(F)F)cn1. The van der Waals surface area contributed by atoms with Crippen LogP contribution in [0, 0.1) is 23.2 Å². The number of piperidine rings is 1. The number of alkyl halides is 3. The number of piperazine rings is 1. The number of aromatic nitrogens is 2. The number of halogens is 3. The summed E-state index contributed by atoms with van der Waals surface area (Å²) in [5, 5.41) is 25.8. The van der Waals surface area contributed by atoms with Crippen LogP contribution in [0.3, 0.4) is 0 Å². The molecule has 2 fully saturated rings. The fraction of sp³-hybridized carbons (Fsp3) is 0.514. The molecule has 2 aliphatic heterocycles. The molecular formula is C35H43F3N8O2. The number of nitriles is 1. The molecule has 1 amide bonds. The number of fused-ring (bicyclic) bond motifs is 1. The van der Waals surface area contributed by atoms with Crippen molar-refractivity contribution < 1.29 is 23.1 Å². The number of nitrogens with zero attached hydrogens (tertiary/aromatic N) is 6. The number of carbonyl (C=O) groups is 1. The number of anilines is 2. The van der Waals surface area contributed by atoms with Crippen LogP contribution in [0.25, 0.3) is 10.9 Å². The molecule has 2 aliphatic rings. The Kier molecular flexibility index (Phi) is 11.2. The zero-order valence-electron chi connectivity index (χ0n) is 27.5. The highest BCUT2D eigenvalue weighted by molar-refractivity contribution is 5.94. The van der Waals surface area contributed by atoms with Gasteiger partial charge >= 0.3 is 6.18 Å². The van der Waals surface area contributed by atoms with Crippen molar-refractivity contribution in [1.29, 1.82) is 5.26 Å². The van der Waals surface area contributed by atoms with Gasteiger partial charge in [-0.1, -0.05) is 12.0 Å². The Hall–Kier alpha value is -4.30. The van der Waals surface area contributed by atoms with Crippen molar-refractivity contribution in [2.24, 2.45) is 0 Å². The van der Waals surface area contributed by atoms with Crippen molar-refractivity contribution in [3.63, 3.8) is 0 Å². The first-order valence-electron chi connectivity index (χ1n) is 16.3. The zero-order chi connectivity index (χ0) is 34.3. The molecule has 256 valence electrons. The number of hydrogen-bond donors (Lipinski definition) is 3. The van der Waals surface area contributed by atoms with Crippen LogP contribution in [-0.2, 0) is 16.8 Å². The lowest BCUT2D eigenvalue weighted by molar-refractivity contribution is -0.140. The van der Waals surface area contributed by atoms with E-state index >= 15 is 0 Å². The normalized spacial score (nSPS) is 16.7. The van der Waals surface area contributed by atoms with Gasteiger partial charge in [0.1, 0.15) is 6.54 Å². The molecule has 2 saturated heterocycles. The van der Waals surface area contributed by atoms with E-state index in [9.17, 15) is 23.2 Å². The van der Waals surface area contributed by atoms with E-state index in [0.717, 1.165) is 44.7 Å². The van der Waals surface area contributed by atoms with Gasteiger partial charge in [-0.3, -0.25) is 19.6 Å². The molecular weight excluding hydrogens is 621 g/mol. The number of nitrogens with one attached hydrogen (secondary N) is 2. The highest BCUT2D eigenvalue weighted by atomic mass is 19.4. The van der Waals surface area contributed by atoms with Gasteiger partial charge in [0.05, 0.1) is 60.0 Å². The number of aliphatic hydroxyl groups excluding tert-OH is 1. The number of amides is 1. The first-order valence-corrected chi connectivity index (χ1v) is 16.3. The van der Waals surface area contributed by atoms with Gasteiger partial charge in [0.2, 0.25) is 5.91 Å². The summed E-state index contributed by atoms with van der Waals surface area (Å²) in [4.78, 5) is 23.5. The minimum atomic E-state index is -4.42. The number of β-amino-alcohol motifs (C(OH)–C–C–N with tert-alkyl or cyclic N) is 1. The number of hydrogen-bond acceptors (Lipinski definition) is 8. The molecule has 0 unspecified atom stereocenters. The van der Waals surface area contributed by atoms with Crippen LogP contribution in [0.2, 0.25) is 0 Å². The second kappa shape index (κ2) is 15.3. The third-order valence-corrected chi connectivity index (χ3v) is 9.01. The Balaban J connectivity index is 1.21. The predicted octanol–water partition coefficient (Wildman–Crippen LogP) is 3.88. The van der Waals surface area contributed by atoms with E-state index in [2.05, 4.69) is 43.3 Å². The Bertz CT molecular complexity index is 1650. The fourth-order valence-electron chi connectivity index (χ4n) is 6.18. The summed E-state index contributed by atoms with van der Waals surface area (Å²) in [7, 11) is 0. The molecule has 13 heteroatoms. The van der Waals surface area contributed by atoms with Crippen molar-refractivity contribution in [2.45, 2.75) is 50.9 Å². The number of aliphatic hydroxyl groups is 1. The summed E-state index contributed by atoms with van der Waals surface area (Å²) < 4.78 is 42.3. The smallest absolute Gasteiger partial charge is 0.395 e. The molecule has 2 aromatic heterocycles. The lowest BCUT2D eigenvalue weighted by atomic mass is 9.91. The average molecular weight is 665 g/mol. The van der Waals surface area contributed by atoms with Gasteiger partial charge in [0.25, 0.3) is 0 Å². The molecule has 0 radical (unpaired) electrons. The average Bonchev–Trinajstić information content (AvgIpc) is 3.41. The lowest BCUT2D eigenvalue weighted by Gasteiger charge is -2.37. The standard InChI is InChI=1S/C35H43F3N8O2/c1-34(2,24-39)32-9-8-27(22-41-32)40-12-4-5-28-21-29-30(6-3-7-31(29)46(28)25-35(36,37)38)42-26-10-13-44(14-11-26)23-33(48)45-17-15-43(16-18-45)19-20-47/h3,6-9,21-22,26,40,42,47H,10-20,23,25H2,1-2H3. The molecule has 48 heavy (non-hydrogen) atoms. The first-order chi connectivity index (χ1) is 23.0. The third-order valence-electron chi connectivity index (χ3n) is 9.01. The molecule has 0 atom stereocenters. The van der Waals surface area contributed by atoms with Crippen LogP contribution in [0.4, 0.5) is 24.5 Å². The molecule has 0 aliphatic carbocycles. The highest BCUT2D eigenvalue weighted by Crippen LogP contribution is 2.31. The van der Waals surface area contributed by atoms with Gasteiger partial charge in [-0.05, 0) is 62.9 Å². The summed E-state index contributed by atoms with van der Waals surface area (Å²) in [6.45, 7) is 8.13. The highest BCUT2D eigenvalue weighted by Gasteiger charge is 2.30. The van der Waals surface area contributed by atoms with Gasteiger partial charge in [0, 0.05) is 62.9 Å². The number of rotatable bonds is 10. The maximum Gasteiger partial charge on any atom is 0.406 e. The zero-order valence-corrected chi connectivity index (χ0v) is 27.5. The summed E-state index contributed by atoms with van der Waals surface area (Å²) in [5.74, 6) is 6.00. The maximum atomic E-state index is 13.7. The van der Waals surface area contributed by atoms with Gasteiger partial charge in [-0.2, -0.15) is 18.4 Å². The largest absolute Gasteiger partial charge is 0.406 e. The number of carbonyl (C=O) groups excluding carboxylic acids is 1. The van der Waals surface area contributed by atoms with E-state index in [4.69, 9.17) is 5.11 Å². The van der Waals surface area contributed by atoms with Crippen molar-refractivity contribution in [3.05, 3.63) is 54.0 Å². The Morgan fingerprint density at radius 3 is 2.46 bits per heavy atom. The van der Waals surface area contributed by atoms with Gasteiger partial charge in [0.15, 0.2) is 0 Å². The number of pyridine rings is 1. The first kappa shape index (κ1) is 35.0. The summed E-state index contributed by atoms with van der Waals surface area (Å²) in [5.41, 5.74) is 2.11. The molecule has 0 spiro atoms. The minimum absolute atomic E-state index is 0.118. The van der Waals surface area contributed by atoms with Crippen LogP contribution in [0.15, 0.2) is 42.6 Å². The topological polar surface area (TPSA) is 113 Å². The summed E-state index contributed by atoms with van der Waals surface area (Å²) >= 11 is 0. The Morgan fingerprint density at radius 2 is 1.81 bits per heavy atom. The van der Waals surface area contributed by atoms with E-state index in [1.165, 1.54) is 4.57 Å². The molecule has 0 bridgehead atoms. The maximum absolute atomic E-state index is 13.7. The van der Waals surface area contributed by atoms with Crippen LogP contribution in [0.1, 0.15) is 38.1 Å². The number of benzene rings is 1. The van der Waals surface area contributed by atoms with Crippen molar-refractivity contribution in [1.82, 2.24) is 24.3 Å². The number of likely N-dealkylation sites (tertiary alicyclic amines) is 1. The molecule has 4 heterocycles. The van der Waals surface area contributed by atoms with E-state index in [-0.39, 0.29) is 30.8 Å². The van der Waals surface area contributed by atoms with Gasteiger partial charge in [-0.25, -0.2) is 0 Å². The minimum Gasteiger partial charge on any atom is -0.395 e. The van der Waals surface area contributed by atoms with E-state index in [1.54, 1.807) is 50.4 Å².